The molecule has 1 atom stereocenters. The van der Waals surface area contributed by atoms with Crippen molar-refractivity contribution in [2.75, 3.05) is 6.61 Å². The molecule has 0 aliphatic carbocycles. The molecule has 148 valence electrons. The summed E-state index contributed by atoms with van der Waals surface area (Å²) in [6.07, 6.45) is 15.3. The number of benzene rings is 1. The predicted molar refractivity (Wildman–Crippen MR) is 109 cm³/mol. The quantitative estimate of drug-likeness (QED) is 0.319. The first-order valence-electron chi connectivity index (χ1n) is 10.6. The lowest BCUT2D eigenvalue weighted by Crippen LogP contribution is -2.14. The molecule has 0 fully saturated rings. The Balaban J connectivity index is 2.46. The molecule has 3 nitrogen and oxygen atoms in total. The van der Waals surface area contributed by atoms with E-state index in [-0.39, 0.29) is 5.56 Å². The molecule has 1 aromatic rings. The van der Waals surface area contributed by atoms with Gasteiger partial charge in [0, 0.05) is 0 Å². The van der Waals surface area contributed by atoms with Crippen LogP contribution >= 0.6 is 0 Å². The number of rotatable bonds is 16. The smallest absolute Gasteiger partial charge is 0.339 e. The van der Waals surface area contributed by atoms with Gasteiger partial charge in [-0.15, -0.1) is 0 Å². The van der Waals surface area contributed by atoms with Crippen molar-refractivity contribution in [3.63, 3.8) is 0 Å². The van der Waals surface area contributed by atoms with Crippen molar-refractivity contribution < 1.29 is 14.6 Å². The van der Waals surface area contributed by atoms with Gasteiger partial charge in [-0.3, -0.25) is 0 Å². The monoisotopic (exact) mass is 362 g/mol. The molecule has 0 bridgehead atoms. The molecule has 0 radical (unpaired) electrons. The average Bonchev–Trinajstić information content (AvgIpc) is 2.65. The van der Waals surface area contributed by atoms with E-state index in [1.807, 2.05) is 6.07 Å². The minimum atomic E-state index is -0.920. The third kappa shape index (κ3) is 9.84. The summed E-state index contributed by atoms with van der Waals surface area (Å²) >= 11 is 0. The zero-order valence-corrected chi connectivity index (χ0v) is 16.8. The predicted octanol–water partition coefficient (Wildman–Crippen LogP) is 7.10. The van der Waals surface area contributed by atoms with Crippen LogP contribution in [0.4, 0.5) is 0 Å². The molecular formula is C23H38O3. The number of carboxylic acids is 1. The summed E-state index contributed by atoms with van der Waals surface area (Å²) in [6.45, 7) is 5.11. The second-order valence-corrected chi connectivity index (χ2v) is 7.38. The van der Waals surface area contributed by atoms with Gasteiger partial charge in [0.25, 0.3) is 0 Å². The van der Waals surface area contributed by atoms with Gasteiger partial charge in [0.05, 0.1) is 6.61 Å². The van der Waals surface area contributed by atoms with Crippen LogP contribution in [0.15, 0.2) is 24.3 Å². The zero-order valence-electron chi connectivity index (χ0n) is 16.8. The van der Waals surface area contributed by atoms with E-state index in [1.54, 1.807) is 18.2 Å². The Hall–Kier alpha value is -1.51. The molecule has 1 rings (SSSR count). The Morgan fingerprint density at radius 2 is 1.42 bits per heavy atom. The van der Waals surface area contributed by atoms with Crippen molar-refractivity contribution in [3.05, 3.63) is 29.8 Å². The number of ether oxygens (including phenoxy) is 1. The number of para-hydroxylation sites is 1. The summed E-state index contributed by atoms with van der Waals surface area (Å²) < 4.78 is 5.93. The van der Waals surface area contributed by atoms with E-state index < -0.39 is 5.97 Å². The second kappa shape index (κ2) is 14.6. The highest BCUT2D eigenvalue weighted by molar-refractivity contribution is 5.90. The molecule has 0 aromatic heterocycles. The van der Waals surface area contributed by atoms with Crippen LogP contribution in [0.25, 0.3) is 0 Å². The number of hydrogen-bond acceptors (Lipinski definition) is 2. The van der Waals surface area contributed by atoms with E-state index in [0.717, 1.165) is 0 Å². The van der Waals surface area contributed by atoms with Crippen LogP contribution in [0, 0.1) is 5.92 Å². The fraction of sp³-hybridized carbons (Fsp3) is 0.696. The van der Waals surface area contributed by atoms with Gasteiger partial charge in [-0.1, -0.05) is 90.2 Å². The fourth-order valence-electron chi connectivity index (χ4n) is 3.36. The van der Waals surface area contributed by atoms with Gasteiger partial charge in [0.1, 0.15) is 11.3 Å². The molecule has 0 heterocycles. The third-order valence-corrected chi connectivity index (χ3v) is 5.02. The van der Waals surface area contributed by atoms with Crippen LogP contribution in [0.3, 0.4) is 0 Å². The normalized spacial score (nSPS) is 12.1. The number of hydrogen-bond donors (Lipinski definition) is 1. The minimum Gasteiger partial charge on any atom is -0.492 e. The third-order valence-electron chi connectivity index (χ3n) is 5.02. The molecule has 0 aliphatic heterocycles. The van der Waals surface area contributed by atoms with Crippen molar-refractivity contribution >= 4 is 5.97 Å². The Morgan fingerprint density at radius 1 is 0.885 bits per heavy atom. The van der Waals surface area contributed by atoms with Crippen LogP contribution < -0.4 is 4.74 Å². The summed E-state index contributed by atoms with van der Waals surface area (Å²) in [5.74, 6) is 0.109. The lowest BCUT2D eigenvalue weighted by atomic mass is 9.95. The molecule has 0 saturated heterocycles. The van der Waals surface area contributed by atoms with E-state index in [2.05, 4.69) is 13.8 Å². The number of unbranched alkanes of at least 4 members (excludes halogenated alkanes) is 8. The summed E-state index contributed by atoms with van der Waals surface area (Å²) in [5.41, 5.74) is 0.261. The summed E-state index contributed by atoms with van der Waals surface area (Å²) in [7, 11) is 0. The molecular weight excluding hydrogens is 324 g/mol. The molecule has 0 aliphatic rings. The van der Waals surface area contributed by atoms with E-state index in [9.17, 15) is 9.90 Å². The first-order valence-corrected chi connectivity index (χ1v) is 10.6. The highest BCUT2D eigenvalue weighted by Gasteiger charge is 2.14. The summed E-state index contributed by atoms with van der Waals surface area (Å²) in [5, 5.41) is 9.30. The van der Waals surface area contributed by atoms with Crippen molar-refractivity contribution in [1.29, 1.82) is 0 Å². The SMILES string of the molecule is CCCCCCCCC(CCCCCC)COc1ccccc1C(=O)O. The van der Waals surface area contributed by atoms with Crippen molar-refractivity contribution in [3.8, 4) is 5.75 Å². The number of aromatic carboxylic acids is 1. The molecule has 0 saturated carbocycles. The first-order chi connectivity index (χ1) is 12.7. The van der Waals surface area contributed by atoms with Crippen LogP contribution in [-0.2, 0) is 0 Å². The van der Waals surface area contributed by atoms with E-state index >= 15 is 0 Å². The van der Waals surface area contributed by atoms with Crippen molar-refractivity contribution in [2.45, 2.75) is 90.9 Å². The maximum Gasteiger partial charge on any atom is 0.339 e. The zero-order chi connectivity index (χ0) is 19.0. The molecule has 1 unspecified atom stereocenters. The van der Waals surface area contributed by atoms with Crippen molar-refractivity contribution in [1.82, 2.24) is 0 Å². The van der Waals surface area contributed by atoms with Crippen LogP contribution in [0.1, 0.15) is 101 Å². The Bertz CT molecular complexity index is 484. The average molecular weight is 363 g/mol. The molecule has 26 heavy (non-hydrogen) atoms. The first kappa shape index (κ1) is 22.5. The maximum absolute atomic E-state index is 11.3. The van der Waals surface area contributed by atoms with Gasteiger partial charge in [-0.05, 0) is 30.9 Å². The lowest BCUT2D eigenvalue weighted by Gasteiger charge is -2.18. The van der Waals surface area contributed by atoms with Gasteiger partial charge in [-0.2, -0.15) is 0 Å². The minimum absolute atomic E-state index is 0.261. The Labute approximate surface area is 160 Å². The van der Waals surface area contributed by atoms with Crippen molar-refractivity contribution in [2.24, 2.45) is 5.92 Å². The Morgan fingerprint density at radius 3 is 2.04 bits per heavy atom. The summed E-state index contributed by atoms with van der Waals surface area (Å²) in [4.78, 5) is 11.3. The highest BCUT2D eigenvalue weighted by atomic mass is 16.5. The van der Waals surface area contributed by atoms with Gasteiger partial charge in [0.2, 0.25) is 0 Å². The van der Waals surface area contributed by atoms with Crippen LogP contribution in [0.5, 0.6) is 5.75 Å². The van der Waals surface area contributed by atoms with Crippen LogP contribution in [0.2, 0.25) is 0 Å². The van der Waals surface area contributed by atoms with Gasteiger partial charge < -0.3 is 9.84 Å². The van der Waals surface area contributed by atoms with E-state index in [0.29, 0.717) is 18.3 Å². The highest BCUT2D eigenvalue weighted by Crippen LogP contribution is 2.23. The van der Waals surface area contributed by atoms with Gasteiger partial charge in [-0.25, -0.2) is 4.79 Å². The number of carboxylic acid groups (broad SMARTS) is 1. The maximum atomic E-state index is 11.3. The second-order valence-electron chi connectivity index (χ2n) is 7.38. The molecule has 1 aromatic carbocycles. The Kier molecular flexibility index (Phi) is 12.7. The standard InChI is InChI=1S/C23H38O3/c1-3-5-7-9-10-12-16-20(15-11-8-6-4-2)19-26-22-18-14-13-17-21(22)23(24)25/h13-14,17-18,20H,3-12,15-16,19H2,1-2H3,(H,24,25). The van der Waals surface area contributed by atoms with Crippen LogP contribution in [-0.4, -0.2) is 17.7 Å². The van der Waals surface area contributed by atoms with E-state index in [4.69, 9.17) is 4.74 Å². The fourth-order valence-corrected chi connectivity index (χ4v) is 3.36. The van der Waals surface area contributed by atoms with Gasteiger partial charge in [0.15, 0.2) is 0 Å². The topological polar surface area (TPSA) is 46.5 Å². The molecule has 0 spiro atoms. The van der Waals surface area contributed by atoms with E-state index in [1.165, 1.54) is 77.0 Å². The molecule has 1 N–H and O–H groups in total. The van der Waals surface area contributed by atoms with Gasteiger partial charge >= 0.3 is 5.97 Å². The molecule has 0 amide bonds. The largest absolute Gasteiger partial charge is 0.492 e. The summed E-state index contributed by atoms with van der Waals surface area (Å²) in [6, 6.07) is 6.96. The molecule has 3 heteroatoms. The lowest BCUT2D eigenvalue weighted by molar-refractivity contribution is 0.0691. The number of carbonyl (C=O) groups is 1.